The quantitative estimate of drug-likeness (QED) is 0.0963. The summed E-state index contributed by atoms with van der Waals surface area (Å²) >= 11 is 26.2. The first-order valence-electron chi connectivity index (χ1n) is 12.9. The molecule has 0 aliphatic rings. The number of carbonyl (C=O) groups excluding carboxylic acids is 2. The van der Waals surface area contributed by atoms with E-state index in [0.717, 1.165) is 22.1 Å². The van der Waals surface area contributed by atoms with Gasteiger partial charge in [0.1, 0.15) is 5.75 Å². The Kier molecular flexibility index (Phi) is 11.1. The van der Waals surface area contributed by atoms with Crippen molar-refractivity contribution in [3.8, 4) is 17.0 Å². The molecular weight excluding hydrogens is 789 g/mol. The van der Waals surface area contributed by atoms with Gasteiger partial charge in [0.2, 0.25) is 0 Å². The molecule has 0 unspecified atom stereocenters. The number of nitrogens with one attached hydrogen (secondary N) is 3. The number of nitrogens with zero attached hydrogens (tertiary/aromatic N) is 2. The molecule has 45 heavy (non-hydrogen) atoms. The molecule has 0 aliphatic heterocycles. The number of thiazole rings is 1. The second-order valence-corrected chi connectivity index (χ2v) is 13.0. The first kappa shape index (κ1) is 32.9. The van der Waals surface area contributed by atoms with Gasteiger partial charge in [-0.15, -0.1) is 11.3 Å². The van der Waals surface area contributed by atoms with Crippen LogP contribution in [0.2, 0.25) is 15.1 Å². The number of anilines is 3. The number of benzene rings is 4. The van der Waals surface area contributed by atoms with Gasteiger partial charge in [0.05, 0.1) is 30.9 Å². The zero-order valence-corrected chi connectivity index (χ0v) is 29.0. The van der Waals surface area contributed by atoms with Crippen LogP contribution in [0.4, 0.5) is 16.5 Å². The summed E-state index contributed by atoms with van der Waals surface area (Å²) in [6.45, 7) is -0.246. The molecule has 1 aromatic heterocycles. The predicted octanol–water partition coefficient (Wildman–Crippen LogP) is 9.82. The maximum Gasteiger partial charge on any atom is 0.271 e. The number of hydrazone groups is 1. The van der Waals surface area contributed by atoms with Crippen LogP contribution in [0.15, 0.2) is 98.3 Å². The first-order valence-corrected chi connectivity index (χ1v) is 16.5. The van der Waals surface area contributed by atoms with E-state index in [9.17, 15) is 9.59 Å². The lowest BCUT2D eigenvalue weighted by Gasteiger charge is -2.12. The third kappa shape index (κ3) is 9.06. The third-order valence-corrected chi connectivity index (χ3v) is 8.92. The summed E-state index contributed by atoms with van der Waals surface area (Å²) in [4.78, 5) is 29.6. The first-order chi connectivity index (χ1) is 21.6. The van der Waals surface area contributed by atoms with Crippen molar-refractivity contribution in [2.24, 2.45) is 5.10 Å². The van der Waals surface area contributed by atoms with E-state index in [1.165, 1.54) is 17.6 Å². The van der Waals surface area contributed by atoms with Crippen molar-refractivity contribution in [1.29, 1.82) is 0 Å². The molecule has 0 bridgehead atoms. The highest BCUT2D eigenvalue weighted by atomic mass is 79.9. The van der Waals surface area contributed by atoms with E-state index in [2.05, 4.69) is 58.0 Å². The summed E-state index contributed by atoms with van der Waals surface area (Å²) < 4.78 is 6.85. The van der Waals surface area contributed by atoms with Gasteiger partial charge in [0.15, 0.2) is 11.7 Å². The summed E-state index contributed by atoms with van der Waals surface area (Å²) in [5.74, 6) is -0.322. The minimum absolute atomic E-state index is 0.246. The molecule has 4 aromatic carbocycles. The number of amides is 2. The van der Waals surface area contributed by atoms with Crippen molar-refractivity contribution in [1.82, 2.24) is 10.4 Å². The van der Waals surface area contributed by atoms with E-state index in [4.69, 9.17) is 39.5 Å². The van der Waals surface area contributed by atoms with Gasteiger partial charge in [0, 0.05) is 32.9 Å². The number of carbonyl (C=O) groups is 2. The van der Waals surface area contributed by atoms with Crippen LogP contribution in [0.3, 0.4) is 0 Å². The van der Waals surface area contributed by atoms with Crippen molar-refractivity contribution >= 4 is 113 Å². The van der Waals surface area contributed by atoms with Gasteiger partial charge >= 0.3 is 0 Å². The van der Waals surface area contributed by atoms with Crippen LogP contribution in [-0.2, 0) is 4.79 Å². The maximum absolute atomic E-state index is 12.7. The van der Waals surface area contributed by atoms with Crippen LogP contribution in [0, 0.1) is 0 Å². The van der Waals surface area contributed by atoms with E-state index in [1.807, 2.05) is 41.8 Å². The normalized spacial score (nSPS) is 11.0. The average Bonchev–Trinajstić information content (AvgIpc) is 3.48. The van der Waals surface area contributed by atoms with Gasteiger partial charge in [-0.2, -0.15) is 5.10 Å². The van der Waals surface area contributed by atoms with Gasteiger partial charge in [-0.05, 0) is 104 Å². The Morgan fingerprint density at radius 3 is 2.27 bits per heavy atom. The fraction of sp³-hybridized carbons (Fsp3) is 0.0323. The minimum Gasteiger partial charge on any atom is -0.481 e. The molecule has 5 aromatic rings. The zero-order chi connectivity index (χ0) is 31.9. The minimum atomic E-state index is -0.379. The summed E-state index contributed by atoms with van der Waals surface area (Å²) in [5.41, 5.74) is 6.69. The molecule has 0 saturated carbocycles. The van der Waals surface area contributed by atoms with Crippen LogP contribution in [0.1, 0.15) is 15.9 Å². The highest BCUT2D eigenvalue weighted by Gasteiger charge is 2.13. The van der Waals surface area contributed by atoms with Crippen molar-refractivity contribution in [2.75, 3.05) is 17.2 Å². The lowest BCUT2D eigenvalue weighted by Crippen LogP contribution is -2.20. The lowest BCUT2D eigenvalue weighted by molar-refractivity contribution is -0.118. The fourth-order valence-corrected chi connectivity index (χ4v) is 6.46. The largest absolute Gasteiger partial charge is 0.481 e. The number of halogens is 5. The summed E-state index contributed by atoms with van der Waals surface area (Å²) in [7, 11) is 0. The molecule has 0 radical (unpaired) electrons. The Balaban J connectivity index is 1.13. The Hall–Kier alpha value is -3.45. The lowest BCUT2D eigenvalue weighted by atomic mass is 10.1. The summed E-state index contributed by atoms with van der Waals surface area (Å²) in [6, 6.07) is 22.7. The molecule has 3 N–H and O–H groups in total. The molecule has 0 fully saturated rings. The van der Waals surface area contributed by atoms with Gasteiger partial charge in [-0.1, -0.05) is 46.9 Å². The van der Waals surface area contributed by atoms with E-state index in [1.54, 1.807) is 42.5 Å². The number of aromatic nitrogens is 1. The highest BCUT2D eigenvalue weighted by molar-refractivity contribution is 9.11. The number of ether oxygens (including phenoxy) is 1. The smallest absolute Gasteiger partial charge is 0.271 e. The number of hydrogen-bond donors (Lipinski definition) is 3. The van der Waals surface area contributed by atoms with E-state index in [0.29, 0.717) is 46.6 Å². The summed E-state index contributed by atoms with van der Waals surface area (Å²) in [5, 5.41) is 14.1. The maximum atomic E-state index is 12.7. The predicted molar refractivity (Wildman–Crippen MR) is 190 cm³/mol. The number of hydrogen-bond acceptors (Lipinski definition) is 7. The van der Waals surface area contributed by atoms with Crippen molar-refractivity contribution < 1.29 is 14.3 Å². The topological polar surface area (TPSA) is 105 Å². The fourth-order valence-electron chi connectivity index (χ4n) is 3.84. The van der Waals surface area contributed by atoms with Crippen LogP contribution < -0.4 is 20.8 Å². The SMILES string of the molecule is O=C(COc1c(Br)cc(/C=N\NC(=O)c2ccc(-c3csc(Nc4ccc(Cl)cc4)n3)cc2)cc1Br)Nc1ccc(Cl)c(Cl)c1. The molecule has 14 heteroatoms. The summed E-state index contributed by atoms with van der Waals surface area (Å²) in [6.07, 6.45) is 1.49. The average molecular weight is 809 g/mol. The van der Waals surface area contributed by atoms with Gasteiger partial charge in [-0.25, -0.2) is 10.4 Å². The van der Waals surface area contributed by atoms with E-state index < -0.39 is 0 Å². The van der Waals surface area contributed by atoms with Crippen LogP contribution in [0.5, 0.6) is 5.75 Å². The van der Waals surface area contributed by atoms with Crippen molar-refractivity contribution in [2.45, 2.75) is 0 Å². The van der Waals surface area contributed by atoms with Crippen molar-refractivity contribution in [3.05, 3.63) is 119 Å². The molecule has 5 rings (SSSR count). The van der Waals surface area contributed by atoms with E-state index >= 15 is 0 Å². The molecule has 1 heterocycles. The molecule has 2 amide bonds. The Morgan fingerprint density at radius 2 is 1.58 bits per heavy atom. The van der Waals surface area contributed by atoms with Crippen molar-refractivity contribution in [3.63, 3.8) is 0 Å². The standard InChI is InChI=1S/C31H20Br2Cl3N5O3S/c32-23-11-17(12-24(33)29(23)44-15-28(42)38-22-9-10-25(35)26(36)13-22)14-37-41-30(43)19-3-1-18(2-4-19)27-16-45-31(40-27)39-21-7-5-20(34)6-8-21/h1-14,16H,15H2,(H,38,42)(H,39,40)(H,41,43)/b37-14-. The van der Waals surface area contributed by atoms with Gasteiger partial charge in [0.25, 0.3) is 11.8 Å². The molecule has 0 spiro atoms. The molecule has 0 atom stereocenters. The van der Waals surface area contributed by atoms with Gasteiger partial charge < -0.3 is 15.4 Å². The molecule has 0 saturated heterocycles. The number of rotatable bonds is 10. The molecule has 0 aliphatic carbocycles. The van der Waals surface area contributed by atoms with Crippen LogP contribution in [0.25, 0.3) is 11.3 Å². The third-order valence-electron chi connectivity index (χ3n) is 5.99. The molecular formula is C31H20Br2Cl3N5O3S. The second-order valence-electron chi connectivity index (χ2n) is 9.23. The Labute approximate surface area is 294 Å². The van der Waals surface area contributed by atoms with Crippen LogP contribution >= 0.6 is 78.0 Å². The van der Waals surface area contributed by atoms with Gasteiger partial charge in [-0.3, -0.25) is 9.59 Å². The Morgan fingerprint density at radius 1 is 0.889 bits per heavy atom. The zero-order valence-electron chi connectivity index (χ0n) is 22.8. The molecule has 8 nitrogen and oxygen atoms in total. The Bertz CT molecular complexity index is 1860. The van der Waals surface area contributed by atoms with E-state index in [-0.39, 0.29) is 18.4 Å². The second kappa shape index (κ2) is 15.2. The monoisotopic (exact) mass is 805 g/mol. The highest BCUT2D eigenvalue weighted by Crippen LogP contribution is 2.35. The molecule has 228 valence electrons. The van der Waals surface area contributed by atoms with Crippen LogP contribution in [-0.4, -0.2) is 29.6 Å².